The average molecular weight is 625 g/mol. The summed E-state index contributed by atoms with van der Waals surface area (Å²) >= 11 is 0. The molecule has 0 aliphatic carbocycles. The number of phenols is 3. The number of fused-ring (bicyclic) bond motifs is 1. The van der Waals surface area contributed by atoms with Crippen molar-refractivity contribution in [2.24, 2.45) is 0 Å². The second-order valence-corrected chi connectivity index (χ2v) is 10.4. The molecule has 2 aromatic carbocycles. The van der Waals surface area contributed by atoms with Gasteiger partial charge >= 0.3 is 0 Å². The Morgan fingerprint density at radius 2 is 1.57 bits per heavy atom. The van der Waals surface area contributed by atoms with Crippen LogP contribution in [0.25, 0.3) is 22.3 Å². The first kappa shape index (κ1) is 31.7. The van der Waals surface area contributed by atoms with Gasteiger partial charge in [0, 0.05) is 17.7 Å². The van der Waals surface area contributed by atoms with E-state index in [-0.39, 0.29) is 28.4 Å². The Morgan fingerprint density at radius 1 is 0.841 bits per heavy atom. The van der Waals surface area contributed by atoms with Crippen LogP contribution in [0.2, 0.25) is 0 Å². The molecule has 0 bridgehead atoms. The second-order valence-electron chi connectivity index (χ2n) is 10.4. The monoisotopic (exact) mass is 624 g/mol. The van der Waals surface area contributed by atoms with Crippen molar-refractivity contribution in [3.8, 4) is 40.1 Å². The molecule has 16 heteroatoms. The molecule has 0 radical (unpaired) electrons. The molecule has 44 heavy (non-hydrogen) atoms. The molecule has 0 saturated carbocycles. The van der Waals surface area contributed by atoms with E-state index in [9.17, 15) is 50.8 Å². The quantitative estimate of drug-likeness (QED) is 0.147. The third-order valence-corrected chi connectivity index (χ3v) is 7.52. The smallest absolute Gasteiger partial charge is 0.239 e. The van der Waals surface area contributed by atoms with Gasteiger partial charge in [0.05, 0.1) is 19.8 Å². The Morgan fingerprint density at radius 3 is 2.25 bits per heavy atom. The van der Waals surface area contributed by atoms with Crippen molar-refractivity contribution < 1.29 is 74.1 Å². The lowest BCUT2D eigenvalue weighted by Crippen LogP contribution is -2.64. The van der Waals surface area contributed by atoms with E-state index in [1.165, 1.54) is 32.2 Å². The fourth-order valence-electron chi connectivity index (χ4n) is 5.09. The maximum Gasteiger partial charge on any atom is 0.239 e. The fourth-order valence-corrected chi connectivity index (χ4v) is 5.09. The molecule has 0 unspecified atom stereocenters. The van der Waals surface area contributed by atoms with Gasteiger partial charge in [-0.3, -0.25) is 4.79 Å². The summed E-state index contributed by atoms with van der Waals surface area (Å²) < 4.78 is 33.4. The van der Waals surface area contributed by atoms with Gasteiger partial charge in [-0.25, -0.2) is 0 Å². The Labute approximate surface area is 248 Å². The van der Waals surface area contributed by atoms with Crippen molar-refractivity contribution in [3.63, 3.8) is 0 Å². The van der Waals surface area contributed by atoms with E-state index in [1.807, 2.05) is 0 Å². The first-order valence-corrected chi connectivity index (χ1v) is 13.4. The van der Waals surface area contributed by atoms with Crippen molar-refractivity contribution in [1.29, 1.82) is 0 Å². The largest absolute Gasteiger partial charge is 0.508 e. The van der Waals surface area contributed by atoms with Gasteiger partial charge in [-0.15, -0.1) is 0 Å². The van der Waals surface area contributed by atoms with Crippen molar-refractivity contribution in [3.05, 3.63) is 40.6 Å². The Hall–Kier alpha value is -3.71. The summed E-state index contributed by atoms with van der Waals surface area (Å²) in [5.74, 6) is -2.31. The predicted octanol–water partition coefficient (Wildman–Crippen LogP) is -1.38. The summed E-state index contributed by atoms with van der Waals surface area (Å²) in [7, 11) is 1.28. The van der Waals surface area contributed by atoms with E-state index in [2.05, 4.69) is 0 Å². The number of rotatable bonds is 7. The minimum Gasteiger partial charge on any atom is -0.508 e. The maximum atomic E-state index is 13.7. The third kappa shape index (κ3) is 5.63. The van der Waals surface area contributed by atoms with E-state index >= 15 is 0 Å². The van der Waals surface area contributed by atoms with Crippen molar-refractivity contribution in [2.75, 3.05) is 13.7 Å². The molecule has 5 rings (SSSR count). The van der Waals surface area contributed by atoms with Gasteiger partial charge in [-0.05, 0) is 25.1 Å². The first-order valence-electron chi connectivity index (χ1n) is 13.4. The molecule has 16 nitrogen and oxygen atoms in total. The summed E-state index contributed by atoms with van der Waals surface area (Å²) in [4.78, 5) is 13.7. The van der Waals surface area contributed by atoms with Crippen LogP contribution in [0, 0.1) is 0 Å². The molecule has 3 aromatic rings. The SMILES string of the molecule is COc1cc(-c2oc3cc(O)cc(O)c3c(=O)c2O[C@@H]2O[C@H](CO)[C@@H](O)[C@H](O[C@@H]3O[C@@H](C)[C@@H](O)[C@H](O)[C@H]3O)[C@@H]2O)ccc1O. The lowest BCUT2D eigenvalue weighted by molar-refractivity contribution is -0.349. The topological polar surface area (TPSA) is 258 Å². The number of benzene rings is 2. The standard InChI is InChI=1S/C28H32O16/c1-9-18(33)21(36)22(37)27(40-9)43-25-19(34)16(8-29)42-28(23(25)38)44-26-20(35)17-13(32)6-11(30)7-15(17)41-24(26)10-3-4-12(31)14(5-10)39-2/h3-7,9,16,18-19,21-23,25,27-34,36-38H,8H2,1-2H3/t9-,16+,18+,19+,21-,22+,23-,25-,27-,28-/m0/s1. The highest BCUT2D eigenvalue weighted by Gasteiger charge is 2.51. The molecule has 1 aromatic heterocycles. The van der Waals surface area contributed by atoms with E-state index in [1.54, 1.807) is 0 Å². The number of ether oxygens (including phenoxy) is 5. The predicted molar refractivity (Wildman–Crippen MR) is 145 cm³/mol. The van der Waals surface area contributed by atoms with E-state index in [0.717, 1.165) is 12.1 Å². The average Bonchev–Trinajstić information content (AvgIpc) is 2.98. The zero-order valence-electron chi connectivity index (χ0n) is 23.3. The Kier molecular flexibility index (Phi) is 8.90. The zero-order valence-corrected chi connectivity index (χ0v) is 23.3. The molecule has 9 N–H and O–H groups in total. The van der Waals surface area contributed by atoms with Crippen molar-refractivity contribution in [2.45, 2.75) is 68.3 Å². The minimum atomic E-state index is -1.95. The number of hydrogen-bond donors (Lipinski definition) is 9. The fraction of sp³-hybridized carbons (Fsp3) is 0.464. The van der Waals surface area contributed by atoms with Crippen molar-refractivity contribution >= 4 is 11.0 Å². The van der Waals surface area contributed by atoms with Crippen LogP contribution in [-0.2, 0) is 14.2 Å². The summed E-state index contributed by atoms with van der Waals surface area (Å²) in [5.41, 5.74) is -1.13. The van der Waals surface area contributed by atoms with Crippen LogP contribution in [0.3, 0.4) is 0 Å². The van der Waals surface area contributed by atoms with Gasteiger partial charge in [-0.2, -0.15) is 0 Å². The maximum absolute atomic E-state index is 13.7. The lowest BCUT2D eigenvalue weighted by Gasteiger charge is -2.45. The summed E-state index contributed by atoms with van der Waals surface area (Å²) in [6.45, 7) is 0.567. The second kappa shape index (κ2) is 12.4. The van der Waals surface area contributed by atoms with Gasteiger partial charge < -0.3 is 74.1 Å². The summed E-state index contributed by atoms with van der Waals surface area (Å²) in [6, 6.07) is 5.82. The Balaban J connectivity index is 1.57. The minimum absolute atomic E-state index is 0.0200. The normalized spacial score (nSPS) is 32.5. The van der Waals surface area contributed by atoms with Crippen LogP contribution >= 0.6 is 0 Å². The molecule has 2 saturated heterocycles. The highest BCUT2D eigenvalue weighted by molar-refractivity contribution is 5.88. The van der Waals surface area contributed by atoms with E-state index in [4.69, 9.17) is 28.1 Å². The zero-order chi connectivity index (χ0) is 32.0. The molecule has 0 amide bonds. The molecule has 2 fully saturated rings. The number of hydrogen-bond acceptors (Lipinski definition) is 16. The molecule has 2 aliphatic heterocycles. The highest BCUT2D eigenvalue weighted by Crippen LogP contribution is 2.40. The van der Waals surface area contributed by atoms with E-state index < -0.39 is 96.1 Å². The molecule has 0 spiro atoms. The van der Waals surface area contributed by atoms with Crippen LogP contribution < -0.4 is 14.9 Å². The molecular weight excluding hydrogens is 592 g/mol. The number of phenolic OH excluding ortho intramolecular Hbond substituents is 3. The number of aliphatic hydroxyl groups is 6. The number of aliphatic hydroxyl groups excluding tert-OH is 6. The Bertz CT molecular complexity index is 1560. The first-order chi connectivity index (χ1) is 20.9. The van der Waals surface area contributed by atoms with Crippen LogP contribution in [0.15, 0.2) is 39.5 Å². The highest BCUT2D eigenvalue weighted by atomic mass is 16.7. The molecule has 3 heterocycles. The van der Waals surface area contributed by atoms with Crippen molar-refractivity contribution in [1.82, 2.24) is 0 Å². The summed E-state index contributed by atoms with van der Waals surface area (Å²) in [5, 5.41) is 92.6. The van der Waals surface area contributed by atoms with Gasteiger partial charge in [0.1, 0.15) is 65.2 Å². The van der Waals surface area contributed by atoms with Gasteiger partial charge in [-0.1, -0.05) is 0 Å². The lowest BCUT2D eigenvalue weighted by atomic mass is 9.97. The van der Waals surface area contributed by atoms with E-state index in [0.29, 0.717) is 0 Å². The summed E-state index contributed by atoms with van der Waals surface area (Å²) in [6.07, 6.45) is -16.4. The number of methoxy groups -OCH3 is 1. The van der Waals surface area contributed by atoms with Crippen LogP contribution in [0.4, 0.5) is 0 Å². The van der Waals surface area contributed by atoms with Crippen LogP contribution in [0.5, 0.6) is 28.7 Å². The number of aromatic hydroxyl groups is 3. The molecule has 2 aliphatic rings. The van der Waals surface area contributed by atoms with Crippen LogP contribution in [0.1, 0.15) is 6.92 Å². The van der Waals surface area contributed by atoms with Gasteiger partial charge in [0.25, 0.3) is 0 Å². The van der Waals surface area contributed by atoms with Crippen LogP contribution in [-0.4, -0.2) is 121 Å². The third-order valence-electron chi connectivity index (χ3n) is 7.52. The molecule has 240 valence electrons. The van der Waals surface area contributed by atoms with Gasteiger partial charge in [0.2, 0.25) is 17.5 Å². The molecule has 10 atom stereocenters. The van der Waals surface area contributed by atoms with Gasteiger partial charge in [0.15, 0.2) is 23.5 Å². The molecular formula is C28H32O16.